The summed E-state index contributed by atoms with van der Waals surface area (Å²) >= 11 is 0. The van der Waals surface area contributed by atoms with E-state index >= 15 is 0 Å². The molecule has 1 aromatic heterocycles. The van der Waals surface area contributed by atoms with Crippen LogP contribution in [0.4, 0.5) is 0 Å². The molecule has 2 amide bonds. The highest BCUT2D eigenvalue weighted by Gasteiger charge is 2.46. The lowest BCUT2D eigenvalue weighted by Gasteiger charge is -2.40. The van der Waals surface area contributed by atoms with E-state index in [4.69, 9.17) is 0 Å². The van der Waals surface area contributed by atoms with Gasteiger partial charge in [-0.15, -0.1) is 0 Å². The Hall–Kier alpha value is -1.71. The van der Waals surface area contributed by atoms with Crippen molar-refractivity contribution in [2.24, 2.45) is 0 Å². The summed E-state index contributed by atoms with van der Waals surface area (Å²) in [5.41, 5.74) is 0.433. The van der Waals surface area contributed by atoms with Crippen molar-refractivity contribution in [3.05, 3.63) is 30.1 Å². The molecule has 22 heavy (non-hydrogen) atoms. The topological polar surface area (TPSA) is 50.3 Å². The van der Waals surface area contributed by atoms with Crippen molar-refractivity contribution in [2.45, 2.75) is 64.2 Å². The van der Waals surface area contributed by atoms with Gasteiger partial charge >= 0.3 is 0 Å². The first-order valence-corrected chi connectivity index (χ1v) is 8.41. The third kappa shape index (κ3) is 3.21. The number of imide groups is 1. The molecule has 4 nitrogen and oxygen atoms in total. The van der Waals surface area contributed by atoms with Gasteiger partial charge in [0.25, 0.3) is 0 Å². The van der Waals surface area contributed by atoms with Crippen molar-refractivity contribution in [3.63, 3.8) is 0 Å². The summed E-state index contributed by atoms with van der Waals surface area (Å²) in [5.74, 6) is -0.0337. The number of rotatable bonds is 7. The zero-order chi connectivity index (χ0) is 16.0. The summed E-state index contributed by atoms with van der Waals surface area (Å²) in [7, 11) is 0. The minimum Gasteiger partial charge on any atom is -0.282 e. The Morgan fingerprint density at radius 3 is 2.50 bits per heavy atom. The van der Waals surface area contributed by atoms with Gasteiger partial charge in [-0.25, -0.2) is 0 Å². The number of amides is 2. The Morgan fingerprint density at radius 2 is 1.86 bits per heavy atom. The molecular weight excluding hydrogens is 276 g/mol. The number of unbranched alkanes of at least 4 members (excludes halogenated alkanes) is 3. The Balaban J connectivity index is 2.19. The second-order valence-corrected chi connectivity index (χ2v) is 6.08. The second kappa shape index (κ2) is 7.52. The van der Waals surface area contributed by atoms with Crippen molar-refractivity contribution < 1.29 is 9.59 Å². The predicted octanol–water partition coefficient (Wildman–Crippen LogP) is 3.46. The Bertz CT molecular complexity index is 515. The smallest absolute Gasteiger partial charge is 0.239 e. The molecule has 0 aromatic carbocycles. The monoisotopic (exact) mass is 302 g/mol. The van der Waals surface area contributed by atoms with Crippen molar-refractivity contribution in [2.75, 3.05) is 6.54 Å². The molecule has 0 saturated carbocycles. The van der Waals surface area contributed by atoms with E-state index in [0.717, 1.165) is 31.2 Å². The van der Waals surface area contributed by atoms with Gasteiger partial charge in [-0.1, -0.05) is 33.1 Å². The average Bonchev–Trinajstić information content (AvgIpc) is 2.56. The van der Waals surface area contributed by atoms with Gasteiger partial charge < -0.3 is 0 Å². The minimum absolute atomic E-state index is 0.0142. The minimum atomic E-state index is -0.554. The molecule has 0 bridgehead atoms. The number of pyridine rings is 1. The van der Waals surface area contributed by atoms with Gasteiger partial charge in [0.1, 0.15) is 0 Å². The number of aromatic nitrogens is 1. The number of carbonyl (C=O) groups is 2. The van der Waals surface area contributed by atoms with Crippen LogP contribution in [0.1, 0.15) is 64.4 Å². The summed E-state index contributed by atoms with van der Waals surface area (Å²) in [4.78, 5) is 30.8. The third-order valence-corrected chi connectivity index (χ3v) is 4.79. The fourth-order valence-corrected chi connectivity index (χ4v) is 3.33. The van der Waals surface area contributed by atoms with E-state index in [9.17, 15) is 9.59 Å². The van der Waals surface area contributed by atoms with Crippen LogP contribution in [-0.2, 0) is 15.0 Å². The Labute approximate surface area is 132 Å². The molecule has 2 rings (SSSR count). The summed E-state index contributed by atoms with van der Waals surface area (Å²) in [6, 6.07) is 3.82. The predicted molar refractivity (Wildman–Crippen MR) is 86.3 cm³/mol. The van der Waals surface area contributed by atoms with Crippen molar-refractivity contribution in [3.8, 4) is 0 Å². The van der Waals surface area contributed by atoms with Gasteiger partial charge in [0.05, 0.1) is 5.41 Å². The molecular formula is C18H26N2O2. The SMILES string of the molecule is CCCCCCN1C(=O)CCC(CC)(c2ccncc2)C1=O. The van der Waals surface area contributed by atoms with Crippen molar-refractivity contribution in [1.82, 2.24) is 9.88 Å². The van der Waals surface area contributed by atoms with Gasteiger partial charge in [0, 0.05) is 25.4 Å². The zero-order valence-corrected chi connectivity index (χ0v) is 13.7. The van der Waals surface area contributed by atoms with Crippen molar-refractivity contribution in [1.29, 1.82) is 0 Å². The number of hydrogen-bond donors (Lipinski definition) is 0. The van der Waals surface area contributed by atoms with E-state index in [1.807, 2.05) is 19.1 Å². The summed E-state index contributed by atoms with van der Waals surface area (Å²) in [6.07, 6.45) is 9.51. The van der Waals surface area contributed by atoms with Crippen LogP contribution < -0.4 is 0 Å². The van der Waals surface area contributed by atoms with E-state index in [-0.39, 0.29) is 11.8 Å². The van der Waals surface area contributed by atoms with Crippen LogP contribution in [0.5, 0.6) is 0 Å². The fourth-order valence-electron chi connectivity index (χ4n) is 3.33. The molecule has 0 spiro atoms. The highest BCUT2D eigenvalue weighted by atomic mass is 16.2. The van der Waals surface area contributed by atoms with Crippen molar-refractivity contribution >= 4 is 11.8 Å². The van der Waals surface area contributed by atoms with Crippen LogP contribution in [-0.4, -0.2) is 28.2 Å². The van der Waals surface area contributed by atoms with E-state index in [2.05, 4.69) is 11.9 Å². The fraction of sp³-hybridized carbons (Fsp3) is 0.611. The molecule has 1 aliphatic heterocycles. The first-order chi connectivity index (χ1) is 10.7. The highest BCUT2D eigenvalue weighted by Crippen LogP contribution is 2.38. The standard InChI is InChI=1S/C18H26N2O2/c1-3-5-6-7-14-20-16(21)8-11-18(4-2,17(20)22)15-9-12-19-13-10-15/h9-10,12-13H,3-8,11,14H2,1-2H3. The van der Waals surface area contributed by atoms with Crippen LogP contribution >= 0.6 is 0 Å². The molecule has 0 N–H and O–H groups in total. The van der Waals surface area contributed by atoms with Gasteiger partial charge in [0.15, 0.2) is 0 Å². The molecule has 1 atom stereocenters. The summed E-state index contributed by atoms with van der Waals surface area (Å²) < 4.78 is 0. The molecule has 0 aliphatic carbocycles. The maximum Gasteiger partial charge on any atom is 0.239 e. The van der Waals surface area contributed by atoms with Gasteiger partial charge in [-0.05, 0) is 37.0 Å². The molecule has 4 heteroatoms. The molecule has 1 unspecified atom stereocenters. The molecule has 0 radical (unpaired) electrons. The molecule has 1 saturated heterocycles. The number of carbonyl (C=O) groups excluding carboxylic acids is 2. The van der Waals surface area contributed by atoms with Crippen LogP contribution in [0, 0.1) is 0 Å². The van der Waals surface area contributed by atoms with Gasteiger partial charge in [-0.3, -0.25) is 19.5 Å². The molecule has 120 valence electrons. The van der Waals surface area contributed by atoms with E-state index in [0.29, 0.717) is 25.8 Å². The van der Waals surface area contributed by atoms with Crippen LogP contribution in [0.15, 0.2) is 24.5 Å². The lowest BCUT2D eigenvalue weighted by atomic mass is 9.71. The normalized spacial score (nSPS) is 22.2. The van der Waals surface area contributed by atoms with E-state index in [1.165, 1.54) is 4.90 Å². The zero-order valence-electron chi connectivity index (χ0n) is 13.7. The first-order valence-electron chi connectivity index (χ1n) is 8.41. The highest BCUT2D eigenvalue weighted by molar-refractivity contribution is 6.03. The van der Waals surface area contributed by atoms with Crippen LogP contribution in [0.2, 0.25) is 0 Å². The molecule has 2 heterocycles. The maximum absolute atomic E-state index is 13.0. The maximum atomic E-state index is 13.0. The van der Waals surface area contributed by atoms with Gasteiger partial charge in [0.2, 0.25) is 11.8 Å². The second-order valence-electron chi connectivity index (χ2n) is 6.08. The number of likely N-dealkylation sites (tertiary alicyclic amines) is 1. The Morgan fingerprint density at radius 1 is 1.14 bits per heavy atom. The average molecular weight is 302 g/mol. The van der Waals surface area contributed by atoms with Gasteiger partial charge in [-0.2, -0.15) is 0 Å². The number of piperidine rings is 1. The summed E-state index contributed by atoms with van der Waals surface area (Å²) in [5, 5.41) is 0. The third-order valence-electron chi connectivity index (χ3n) is 4.79. The first kappa shape index (κ1) is 16.7. The number of nitrogens with zero attached hydrogens (tertiary/aromatic N) is 2. The quantitative estimate of drug-likeness (QED) is 0.572. The lowest BCUT2D eigenvalue weighted by molar-refractivity contribution is -0.153. The largest absolute Gasteiger partial charge is 0.282 e. The summed E-state index contributed by atoms with van der Waals surface area (Å²) in [6.45, 7) is 4.75. The van der Waals surface area contributed by atoms with Crippen LogP contribution in [0.25, 0.3) is 0 Å². The Kier molecular flexibility index (Phi) is 5.69. The van der Waals surface area contributed by atoms with E-state index in [1.54, 1.807) is 12.4 Å². The lowest BCUT2D eigenvalue weighted by Crippen LogP contribution is -2.54. The molecule has 1 aromatic rings. The molecule has 1 fully saturated rings. The van der Waals surface area contributed by atoms with Crippen LogP contribution in [0.3, 0.4) is 0 Å². The molecule has 1 aliphatic rings. The van der Waals surface area contributed by atoms with E-state index < -0.39 is 5.41 Å². The number of hydrogen-bond acceptors (Lipinski definition) is 3.